The minimum Gasteiger partial charge on any atom is -0.496 e. The Labute approximate surface area is 181 Å². The van der Waals surface area contributed by atoms with Crippen molar-refractivity contribution in [1.29, 1.82) is 0 Å². The number of nitrogens with zero attached hydrogens (tertiary/aromatic N) is 3. The summed E-state index contributed by atoms with van der Waals surface area (Å²) in [5.74, 6) is 2.06. The van der Waals surface area contributed by atoms with Gasteiger partial charge in [0.25, 0.3) is 0 Å². The Morgan fingerprint density at radius 1 is 1.03 bits per heavy atom. The first-order chi connectivity index (χ1) is 14.8. The second-order valence-corrected chi connectivity index (χ2v) is 7.31. The number of piperazine rings is 1. The molecule has 0 aliphatic carbocycles. The predicted molar refractivity (Wildman–Crippen MR) is 125 cm³/mol. The molecule has 0 bridgehead atoms. The Balaban J connectivity index is 0.00000231. The molecular weight excluding hydrogens is 392 g/mol. The third-order valence-corrected chi connectivity index (χ3v) is 5.47. The molecule has 0 radical (unpaired) electrons. The normalized spacial score (nSPS) is 13.9. The summed E-state index contributed by atoms with van der Waals surface area (Å²) < 4.78 is 11.7. The molecule has 1 saturated heterocycles. The van der Waals surface area contributed by atoms with Crippen molar-refractivity contribution in [1.82, 2.24) is 26.4 Å². The Kier molecular flexibility index (Phi) is 5.92. The van der Waals surface area contributed by atoms with E-state index in [0.717, 1.165) is 65.0 Å². The number of H-pyrrole nitrogens is 1. The lowest BCUT2D eigenvalue weighted by Crippen LogP contribution is -2.44. The third-order valence-electron chi connectivity index (χ3n) is 5.47. The van der Waals surface area contributed by atoms with Crippen molar-refractivity contribution in [3.05, 3.63) is 42.5 Å². The van der Waals surface area contributed by atoms with Gasteiger partial charge in [-0.25, -0.2) is 4.98 Å². The maximum atomic E-state index is 5.90. The molecule has 8 nitrogen and oxygen atoms in total. The molecule has 0 atom stereocenters. The number of nitrogens with one attached hydrogen (secondary N) is 2. The molecule has 0 amide bonds. The largest absolute Gasteiger partial charge is 0.496 e. The summed E-state index contributed by atoms with van der Waals surface area (Å²) in [7, 11) is 1.70. The highest BCUT2D eigenvalue weighted by molar-refractivity contribution is 6.11. The fourth-order valence-corrected chi connectivity index (χ4v) is 4.02. The molecule has 4 aromatic rings. The number of ether oxygens (including phenoxy) is 2. The molecule has 2 aromatic carbocycles. The number of anilines is 1. The molecule has 5 N–H and O–H groups in total. The van der Waals surface area contributed by atoms with E-state index in [1.54, 1.807) is 7.11 Å². The molecule has 0 saturated carbocycles. The lowest BCUT2D eigenvalue weighted by atomic mass is 10.0. The van der Waals surface area contributed by atoms with Gasteiger partial charge >= 0.3 is 0 Å². The minimum absolute atomic E-state index is 0. The molecule has 31 heavy (non-hydrogen) atoms. The number of fused-ring (bicyclic) bond motifs is 3. The van der Waals surface area contributed by atoms with Gasteiger partial charge in [-0.3, -0.25) is 0 Å². The SMILES string of the molecule is CCOc1nc(N2CCNCC2)nc2c1[nH]c1cc(-c3ccccc3)cc(OC)c12.N. The number of rotatable bonds is 5. The van der Waals surface area contributed by atoms with Crippen LogP contribution in [0, 0.1) is 0 Å². The average molecular weight is 421 g/mol. The maximum absolute atomic E-state index is 5.90. The predicted octanol–water partition coefficient (Wildman–Crippen LogP) is 3.76. The van der Waals surface area contributed by atoms with Gasteiger partial charge in [0.15, 0.2) is 0 Å². The average Bonchev–Trinajstić information content (AvgIpc) is 3.19. The van der Waals surface area contributed by atoms with E-state index in [-0.39, 0.29) is 6.15 Å². The van der Waals surface area contributed by atoms with Gasteiger partial charge in [-0.2, -0.15) is 4.98 Å². The topological polar surface area (TPSA) is 110 Å². The summed E-state index contributed by atoms with van der Waals surface area (Å²) in [5, 5.41) is 4.32. The fourth-order valence-electron chi connectivity index (χ4n) is 4.02. The van der Waals surface area contributed by atoms with Crippen molar-refractivity contribution in [3.8, 4) is 22.8 Å². The molecule has 0 unspecified atom stereocenters. The first kappa shape index (κ1) is 20.9. The van der Waals surface area contributed by atoms with Crippen LogP contribution in [0.2, 0.25) is 0 Å². The zero-order chi connectivity index (χ0) is 20.5. The van der Waals surface area contributed by atoms with Gasteiger partial charge in [-0.05, 0) is 30.2 Å². The summed E-state index contributed by atoms with van der Waals surface area (Å²) in [6.07, 6.45) is 0. The van der Waals surface area contributed by atoms with Crippen molar-refractivity contribution >= 4 is 27.9 Å². The van der Waals surface area contributed by atoms with Crippen LogP contribution in [0.5, 0.6) is 11.6 Å². The van der Waals surface area contributed by atoms with E-state index in [1.165, 1.54) is 0 Å². The molecule has 1 aliphatic heterocycles. The summed E-state index contributed by atoms with van der Waals surface area (Å²) in [6, 6.07) is 14.5. The van der Waals surface area contributed by atoms with E-state index in [9.17, 15) is 0 Å². The Morgan fingerprint density at radius 3 is 2.52 bits per heavy atom. The number of methoxy groups -OCH3 is 1. The van der Waals surface area contributed by atoms with Crippen LogP contribution in [0.3, 0.4) is 0 Å². The third kappa shape index (κ3) is 3.75. The zero-order valence-corrected chi connectivity index (χ0v) is 17.9. The van der Waals surface area contributed by atoms with Crippen LogP contribution in [0.4, 0.5) is 5.95 Å². The fraction of sp³-hybridized carbons (Fsp3) is 0.304. The molecule has 3 heterocycles. The number of hydrogen-bond acceptors (Lipinski definition) is 7. The van der Waals surface area contributed by atoms with Crippen LogP contribution in [-0.4, -0.2) is 54.8 Å². The van der Waals surface area contributed by atoms with E-state index in [2.05, 4.69) is 39.5 Å². The molecule has 0 spiro atoms. The van der Waals surface area contributed by atoms with Crippen molar-refractivity contribution < 1.29 is 9.47 Å². The number of aromatic nitrogens is 3. The van der Waals surface area contributed by atoms with Crippen molar-refractivity contribution in [2.45, 2.75) is 6.92 Å². The van der Waals surface area contributed by atoms with Crippen molar-refractivity contribution in [3.63, 3.8) is 0 Å². The summed E-state index contributed by atoms with van der Waals surface area (Å²) in [4.78, 5) is 15.4. The van der Waals surface area contributed by atoms with Crippen LogP contribution in [0.15, 0.2) is 42.5 Å². The number of hydrogen-bond donors (Lipinski definition) is 3. The van der Waals surface area contributed by atoms with Gasteiger partial charge < -0.3 is 30.8 Å². The van der Waals surface area contributed by atoms with Crippen molar-refractivity contribution in [2.24, 2.45) is 0 Å². The minimum atomic E-state index is 0. The van der Waals surface area contributed by atoms with E-state index in [0.29, 0.717) is 18.4 Å². The standard InChI is InChI=1S/C23H25N5O2.H3N/c1-3-30-22-21-20(26-23(27-22)28-11-9-24-10-12-28)19-17(25-21)13-16(14-18(19)29-2)15-7-5-4-6-8-15;/h4-8,13-14,24-25H,3,9-12H2,1-2H3;1H3. The first-order valence-corrected chi connectivity index (χ1v) is 10.3. The van der Waals surface area contributed by atoms with Crippen LogP contribution < -0.4 is 25.8 Å². The van der Waals surface area contributed by atoms with Gasteiger partial charge in [0.2, 0.25) is 11.8 Å². The summed E-state index contributed by atoms with van der Waals surface area (Å²) in [6.45, 7) is 6.08. The molecule has 8 heteroatoms. The lowest BCUT2D eigenvalue weighted by Gasteiger charge is -2.27. The maximum Gasteiger partial charge on any atom is 0.243 e. The molecule has 1 aliphatic rings. The lowest BCUT2D eigenvalue weighted by molar-refractivity contribution is 0.330. The van der Waals surface area contributed by atoms with Crippen LogP contribution in [0.25, 0.3) is 33.1 Å². The van der Waals surface area contributed by atoms with E-state index >= 15 is 0 Å². The number of aromatic amines is 1. The van der Waals surface area contributed by atoms with Crippen LogP contribution >= 0.6 is 0 Å². The Hall–Kier alpha value is -3.36. The van der Waals surface area contributed by atoms with Gasteiger partial charge in [0, 0.05) is 26.2 Å². The monoisotopic (exact) mass is 420 g/mol. The molecule has 1 fully saturated rings. The second kappa shape index (κ2) is 8.79. The molecular formula is C23H28N6O2. The van der Waals surface area contributed by atoms with Gasteiger partial charge in [0.1, 0.15) is 16.8 Å². The van der Waals surface area contributed by atoms with E-state index in [4.69, 9.17) is 19.4 Å². The quantitative estimate of drug-likeness (QED) is 0.451. The first-order valence-electron chi connectivity index (χ1n) is 10.3. The van der Waals surface area contributed by atoms with E-state index < -0.39 is 0 Å². The van der Waals surface area contributed by atoms with Gasteiger partial charge in [-0.15, -0.1) is 0 Å². The Morgan fingerprint density at radius 2 is 1.81 bits per heavy atom. The highest BCUT2D eigenvalue weighted by atomic mass is 16.5. The number of benzene rings is 2. The van der Waals surface area contributed by atoms with Crippen LogP contribution in [0.1, 0.15) is 6.92 Å². The zero-order valence-electron chi connectivity index (χ0n) is 17.9. The van der Waals surface area contributed by atoms with Gasteiger partial charge in [0.05, 0.1) is 24.6 Å². The van der Waals surface area contributed by atoms with Crippen LogP contribution in [-0.2, 0) is 0 Å². The van der Waals surface area contributed by atoms with E-state index in [1.807, 2.05) is 25.1 Å². The van der Waals surface area contributed by atoms with Crippen molar-refractivity contribution in [2.75, 3.05) is 44.8 Å². The smallest absolute Gasteiger partial charge is 0.243 e. The summed E-state index contributed by atoms with van der Waals surface area (Å²) in [5.41, 5.74) is 4.80. The molecule has 162 valence electrons. The second-order valence-electron chi connectivity index (χ2n) is 7.31. The highest BCUT2D eigenvalue weighted by Gasteiger charge is 2.21. The summed E-state index contributed by atoms with van der Waals surface area (Å²) >= 11 is 0. The molecule has 5 rings (SSSR count). The highest BCUT2D eigenvalue weighted by Crippen LogP contribution is 2.39. The molecule has 2 aromatic heterocycles. The van der Waals surface area contributed by atoms with Gasteiger partial charge in [-0.1, -0.05) is 30.3 Å². The Bertz CT molecular complexity index is 1190.